The van der Waals surface area contributed by atoms with Crippen LogP contribution in [-0.4, -0.2) is 28.9 Å². The minimum Gasteiger partial charge on any atom is -0.322 e. The second kappa shape index (κ2) is 4.04. The minimum atomic E-state index is -0.894. The van der Waals surface area contributed by atoms with E-state index in [1.165, 1.54) is 0 Å². The molecule has 1 aliphatic heterocycles. The van der Waals surface area contributed by atoms with Crippen LogP contribution in [0, 0.1) is 22.7 Å². The van der Waals surface area contributed by atoms with Crippen molar-refractivity contribution in [1.29, 1.82) is 5.26 Å². The van der Waals surface area contributed by atoms with Crippen molar-refractivity contribution >= 4 is 5.91 Å². The molecule has 0 spiro atoms. The Morgan fingerprint density at radius 3 is 2.68 bits per heavy atom. The molecule has 3 aliphatic rings. The first-order chi connectivity index (χ1) is 9.01. The Balaban J connectivity index is 1.80. The summed E-state index contributed by atoms with van der Waals surface area (Å²) in [6.07, 6.45) is 3.73. The predicted molar refractivity (Wildman–Crippen MR) is 67.3 cm³/mol. The molecule has 4 nitrogen and oxygen atoms in total. The van der Waals surface area contributed by atoms with Crippen LogP contribution >= 0.6 is 0 Å². The quantitative estimate of drug-likeness (QED) is 0.838. The van der Waals surface area contributed by atoms with Crippen LogP contribution in [0.15, 0.2) is 12.4 Å². The Labute approximate surface area is 112 Å². The van der Waals surface area contributed by atoms with Crippen LogP contribution in [0.3, 0.4) is 0 Å². The third-order valence-corrected chi connectivity index (χ3v) is 5.16. The van der Waals surface area contributed by atoms with Gasteiger partial charge in [-0.05, 0) is 31.6 Å². The molecular weight excluding hydrogens is 245 g/mol. The van der Waals surface area contributed by atoms with Gasteiger partial charge in [-0.15, -0.1) is 0 Å². The molecule has 4 atom stereocenters. The molecule has 19 heavy (non-hydrogen) atoms. The Morgan fingerprint density at radius 1 is 1.53 bits per heavy atom. The number of hydrogen-bond acceptors (Lipinski definition) is 3. The van der Waals surface area contributed by atoms with Gasteiger partial charge >= 0.3 is 0 Å². The fourth-order valence-electron chi connectivity index (χ4n) is 3.59. The van der Waals surface area contributed by atoms with Crippen LogP contribution in [0.25, 0.3) is 0 Å². The summed E-state index contributed by atoms with van der Waals surface area (Å²) in [4.78, 5) is 14.1. The summed E-state index contributed by atoms with van der Waals surface area (Å²) in [5.74, 6) is -0.304. The van der Waals surface area contributed by atoms with Gasteiger partial charge in [0.2, 0.25) is 5.91 Å². The molecule has 1 saturated heterocycles. The van der Waals surface area contributed by atoms with Gasteiger partial charge < -0.3 is 10.6 Å². The van der Waals surface area contributed by atoms with Crippen molar-refractivity contribution in [3.63, 3.8) is 0 Å². The van der Waals surface area contributed by atoms with Gasteiger partial charge in [-0.3, -0.25) is 4.79 Å². The van der Waals surface area contributed by atoms with Gasteiger partial charge in [-0.1, -0.05) is 13.0 Å². The summed E-state index contributed by atoms with van der Waals surface area (Å²) in [5, 5.41) is 9.11. The molecule has 0 radical (unpaired) electrons. The fourth-order valence-corrected chi connectivity index (χ4v) is 3.59. The van der Waals surface area contributed by atoms with Crippen LogP contribution < -0.4 is 5.73 Å². The summed E-state index contributed by atoms with van der Waals surface area (Å²) in [6, 6.07) is 1.04. The molecule has 1 heterocycles. The number of nitriles is 1. The van der Waals surface area contributed by atoms with Gasteiger partial charge in [0, 0.05) is 11.5 Å². The minimum absolute atomic E-state index is 0.160. The standard InChI is InChI=1S/C14H18FN3O/c1-8(15)14(3-2-4-14)12(17)13(19)18-10(7-16)5-9-6-11(9)18/h9-12H,1-6,17H2/t9?,10-,11-,12?/m0/s1. The van der Waals surface area contributed by atoms with Crippen LogP contribution in [0.2, 0.25) is 0 Å². The molecular formula is C14H18FN3O. The first kappa shape index (κ1) is 12.6. The fraction of sp³-hybridized carbons (Fsp3) is 0.714. The smallest absolute Gasteiger partial charge is 0.241 e. The lowest BCUT2D eigenvalue weighted by Crippen LogP contribution is -2.57. The van der Waals surface area contributed by atoms with E-state index in [2.05, 4.69) is 12.6 Å². The second-order valence-electron chi connectivity index (χ2n) is 6.08. The SMILES string of the molecule is C=C(F)C1(C(N)C(=O)N2[C@H](C#N)CC3C[C@@H]32)CCC1. The normalized spacial score (nSPS) is 35.8. The van der Waals surface area contributed by atoms with E-state index in [9.17, 15) is 9.18 Å². The van der Waals surface area contributed by atoms with Gasteiger partial charge in [0.1, 0.15) is 11.9 Å². The maximum atomic E-state index is 13.7. The molecule has 2 aliphatic carbocycles. The van der Waals surface area contributed by atoms with Gasteiger partial charge in [-0.25, -0.2) is 4.39 Å². The predicted octanol–water partition coefficient (Wildman–Crippen LogP) is 1.48. The number of rotatable bonds is 3. The highest BCUT2D eigenvalue weighted by Crippen LogP contribution is 2.52. The lowest BCUT2D eigenvalue weighted by molar-refractivity contribution is -0.138. The van der Waals surface area contributed by atoms with E-state index in [1.807, 2.05) is 0 Å². The highest BCUT2D eigenvalue weighted by Gasteiger charge is 2.58. The summed E-state index contributed by atoms with van der Waals surface area (Å²) in [5.41, 5.74) is 5.15. The van der Waals surface area contributed by atoms with E-state index < -0.39 is 17.3 Å². The third-order valence-electron chi connectivity index (χ3n) is 5.16. The van der Waals surface area contributed by atoms with Crippen molar-refractivity contribution in [2.24, 2.45) is 17.1 Å². The number of fused-ring (bicyclic) bond motifs is 1. The third kappa shape index (κ3) is 1.63. The first-order valence-corrected chi connectivity index (χ1v) is 6.83. The van der Waals surface area contributed by atoms with Crippen molar-refractivity contribution in [3.05, 3.63) is 12.4 Å². The molecule has 3 rings (SSSR count). The average molecular weight is 263 g/mol. The zero-order valence-electron chi connectivity index (χ0n) is 10.8. The number of nitrogens with zero attached hydrogens (tertiary/aromatic N) is 2. The van der Waals surface area contributed by atoms with Crippen molar-refractivity contribution in [2.75, 3.05) is 0 Å². The molecule has 2 saturated carbocycles. The van der Waals surface area contributed by atoms with Gasteiger partial charge in [0.15, 0.2) is 0 Å². The average Bonchev–Trinajstić information content (AvgIpc) is 2.97. The van der Waals surface area contributed by atoms with E-state index in [0.29, 0.717) is 18.8 Å². The molecule has 2 unspecified atom stereocenters. The zero-order chi connectivity index (χ0) is 13.8. The van der Waals surface area contributed by atoms with Crippen LogP contribution in [0.1, 0.15) is 32.1 Å². The number of likely N-dealkylation sites (tertiary alicyclic amines) is 1. The molecule has 0 aromatic heterocycles. The molecule has 0 aromatic rings. The van der Waals surface area contributed by atoms with Crippen LogP contribution in [0.4, 0.5) is 4.39 Å². The number of carbonyl (C=O) groups excluding carboxylic acids is 1. The molecule has 3 fully saturated rings. The Kier molecular flexibility index (Phi) is 2.68. The van der Waals surface area contributed by atoms with Crippen LogP contribution in [0.5, 0.6) is 0 Å². The number of carbonyl (C=O) groups is 1. The molecule has 1 amide bonds. The zero-order valence-corrected chi connectivity index (χ0v) is 10.8. The molecule has 0 aromatic carbocycles. The van der Waals surface area contributed by atoms with E-state index in [1.54, 1.807) is 4.90 Å². The maximum Gasteiger partial charge on any atom is 0.241 e. The van der Waals surface area contributed by atoms with E-state index >= 15 is 0 Å². The number of piperidine rings is 1. The summed E-state index contributed by atoms with van der Waals surface area (Å²) < 4.78 is 13.7. The van der Waals surface area contributed by atoms with Crippen molar-refractivity contribution < 1.29 is 9.18 Å². The lowest BCUT2D eigenvalue weighted by Gasteiger charge is -2.45. The Bertz CT molecular complexity index is 480. The second-order valence-corrected chi connectivity index (χ2v) is 6.08. The van der Waals surface area contributed by atoms with E-state index in [0.717, 1.165) is 19.3 Å². The number of halogens is 1. The first-order valence-electron chi connectivity index (χ1n) is 6.83. The van der Waals surface area contributed by atoms with Crippen molar-refractivity contribution in [1.82, 2.24) is 4.90 Å². The molecule has 5 heteroatoms. The summed E-state index contributed by atoms with van der Waals surface area (Å²) in [7, 11) is 0. The molecule has 102 valence electrons. The van der Waals surface area contributed by atoms with Crippen LogP contribution in [-0.2, 0) is 4.79 Å². The number of nitrogens with two attached hydrogens (primary N) is 1. The lowest BCUT2D eigenvalue weighted by atomic mass is 9.63. The molecule has 2 N–H and O–H groups in total. The largest absolute Gasteiger partial charge is 0.322 e. The summed E-state index contributed by atoms with van der Waals surface area (Å²) >= 11 is 0. The van der Waals surface area contributed by atoms with E-state index in [4.69, 9.17) is 11.0 Å². The van der Waals surface area contributed by atoms with Gasteiger partial charge in [-0.2, -0.15) is 5.26 Å². The Morgan fingerprint density at radius 2 is 2.21 bits per heavy atom. The number of amides is 1. The van der Waals surface area contributed by atoms with Crippen molar-refractivity contribution in [3.8, 4) is 6.07 Å². The molecule has 0 bridgehead atoms. The monoisotopic (exact) mass is 263 g/mol. The van der Waals surface area contributed by atoms with E-state index in [-0.39, 0.29) is 18.0 Å². The topological polar surface area (TPSA) is 70.1 Å². The number of hydrogen-bond donors (Lipinski definition) is 1. The van der Waals surface area contributed by atoms with Gasteiger partial charge in [0.25, 0.3) is 0 Å². The van der Waals surface area contributed by atoms with Crippen molar-refractivity contribution in [2.45, 2.75) is 50.2 Å². The summed E-state index contributed by atoms with van der Waals surface area (Å²) in [6.45, 7) is 3.37. The Hall–Kier alpha value is -1.41. The maximum absolute atomic E-state index is 13.7. The highest BCUT2D eigenvalue weighted by molar-refractivity contribution is 5.85. The van der Waals surface area contributed by atoms with Gasteiger partial charge in [0.05, 0.1) is 12.1 Å². The highest BCUT2D eigenvalue weighted by atomic mass is 19.1.